The molecule has 2 rings (SSSR count). The summed E-state index contributed by atoms with van der Waals surface area (Å²) in [5.41, 5.74) is 0.395. The summed E-state index contributed by atoms with van der Waals surface area (Å²) in [7, 11) is 0. The van der Waals surface area contributed by atoms with Crippen LogP contribution in [0.5, 0.6) is 0 Å². The third kappa shape index (κ3) is 2.64. The van der Waals surface area contributed by atoms with E-state index in [1.165, 1.54) is 18.2 Å². The van der Waals surface area contributed by atoms with Crippen molar-refractivity contribution >= 4 is 29.2 Å². The van der Waals surface area contributed by atoms with Crippen LogP contribution < -0.4 is 4.90 Å². The molecule has 1 aliphatic heterocycles. The first-order valence-corrected chi connectivity index (χ1v) is 7.13. The number of hydrogen-bond donors (Lipinski definition) is 0. The second-order valence-electron chi connectivity index (χ2n) is 3.86. The van der Waals surface area contributed by atoms with Crippen molar-refractivity contribution in [3.05, 3.63) is 10.7 Å². The van der Waals surface area contributed by atoms with Crippen molar-refractivity contribution < 1.29 is 0 Å². The van der Waals surface area contributed by atoms with Crippen LogP contribution in [-0.4, -0.2) is 29.3 Å². The van der Waals surface area contributed by atoms with Gasteiger partial charge in [-0.15, -0.1) is 0 Å². The quantitative estimate of drug-likeness (QED) is 0.469. The van der Waals surface area contributed by atoms with Crippen molar-refractivity contribution in [3.8, 4) is 6.07 Å². The maximum Gasteiger partial charge on any atom is 0.190 e. The summed E-state index contributed by atoms with van der Waals surface area (Å²) >= 11 is 7.46. The minimum absolute atomic E-state index is 0.257. The zero-order valence-corrected chi connectivity index (χ0v) is 11.2. The van der Waals surface area contributed by atoms with E-state index in [9.17, 15) is 0 Å². The molecule has 0 aromatic carbocycles. The van der Waals surface area contributed by atoms with Crippen molar-refractivity contribution in [3.63, 3.8) is 0 Å². The lowest BCUT2D eigenvalue weighted by Gasteiger charge is -2.28. The first-order chi connectivity index (χ1) is 8.26. The predicted molar refractivity (Wildman–Crippen MR) is 69.6 cm³/mol. The van der Waals surface area contributed by atoms with E-state index in [1.54, 1.807) is 0 Å². The highest BCUT2D eigenvalue weighted by Crippen LogP contribution is 2.28. The van der Waals surface area contributed by atoms with Gasteiger partial charge in [0.2, 0.25) is 0 Å². The molecular formula is C11H13ClN4S. The van der Waals surface area contributed by atoms with E-state index in [0.717, 1.165) is 25.9 Å². The number of piperidine rings is 1. The fourth-order valence-corrected chi connectivity index (χ4v) is 2.54. The first-order valence-electron chi connectivity index (χ1n) is 5.53. The molecule has 0 radical (unpaired) electrons. The number of hydrogen-bond acceptors (Lipinski definition) is 5. The van der Waals surface area contributed by atoms with Crippen molar-refractivity contribution in [1.82, 2.24) is 9.97 Å². The molecule has 1 fully saturated rings. The van der Waals surface area contributed by atoms with Crippen LogP contribution >= 0.6 is 23.4 Å². The van der Waals surface area contributed by atoms with Crippen LogP contribution in [0, 0.1) is 11.3 Å². The maximum absolute atomic E-state index is 9.15. The molecule has 0 bridgehead atoms. The van der Waals surface area contributed by atoms with Gasteiger partial charge in [0.15, 0.2) is 16.1 Å². The Kier molecular flexibility index (Phi) is 4.08. The van der Waals surface area contributed by atoms with Crippen molar-refractivity contribution in [2.75, 3.05) is 24.2 Å². The molecule has 90 valence electrons. The average molecular weight is 269 g/mol. The molecule has 0 spiro atoms. The molecule has 6 heteroatoms. The Labute approximate surface area is 110 Å². The Morgan fingerprint density at radius 2 is 2.00 bits per heavy atom. The van der Waals surface area contributed by atoms with Crippen LogP contribution in [0.15, 0.2) is 5.16 Å². The zero-order chi connectivity index (χ0) is 12.3. The molecule has 0 amide bonds. The summed E-state index contributed by atoms with van der Waals surface area (Å²) in [5.74, 6) is 0.691. The molecule has 0 unspecified atom stereocenters. The lowest BCUT2D eigenvalue weighted by molar-refractivity contribution is 0.570. The second kappa shape index (κ2) is 5.56. The van der Waals surface area contributed by atoms with Crippen molar-refractivity contribution in [2.24, 2.45) is 0 Å². The molecule has 1 aliphatic rings. The summed E-state index contributed by atoms with van der Waals surface area (Å²) in [5, 5.41) is 10.0. The number of aromatic nitrogens is 2. The van der Waals surface area contributed by atoms with Gasteiger partial charge in [-0.05, 0) is 25.5 Å². The Balaban J connectivity index is 2.42. The molecule has 0 aliphatic carbocycles. The molecule has 0 N–H and O–H groups in total. The summed E-state index contributed by atoms with van der Waals surface area (Å²) in [6.45, 7) is 1.88. The highest BCUT2D eigenvalue weighted by molar-refractivity contribution is 7.98. The van der Waals surface area contributed by atoms with Gasteiger partial charge in [-0.1, -0.05) is 23.4 Å². The Morgan fingerprint density at radius 1 is 1.29 bits per heavy atom. The van der Waals surface area contributed by atoms with E-state index in [2.05, 4.69) is 20.9 Å². The van der Waals surface area contributed by atoms with Gasteiger partial charge in [0.05, 0.1) is 0 Å². The largest absolute Gasteiger partial charge is 0.355 e. The molecule has 0 atom stereocenters. The Morgan fingerprint density at radius 3 is 2.59 bits per heavy atom. The van der Waals surface area contributed by atoms with Crippen molar-refractivity contribution in [2.45, 2.75) is 24.4 Å². The molecule has 1 saturated heterocycles. The summed E-state index contributed by atoms with van der Waals surface area (Å²) in [4.78, 5) is 10.6. The van der Waals surface area contributed by atoms with Gasteiger partial charge < -0.3 is 4.90 Å². The van der Waals surface area contributed by atoms with Crippen LogP contribution in [0.1, 0.15) is 24.8 Å². The lowest BCUT2D eigenvalue weighted by atomic mass is 10.1. The smallest absolute Gasteiger partial charge is 0.190 e. The van der Waals surface area contributed by atoms with Crippen LogP contribution in [-0.2, 0) is 0 Å². The first kappa shape index (κ1) is 12.5. The lowest BCUT2D eigenvalue weighted by Crippen LogP contribution is -2.31. The Bertz CT molecular complexity index is 452. The summed E-state index contributed by atoms with van der Waals surface area (Å²) < 4.78 is 0. The molecule has 4 nitrogen and oxygen atoms in total. The maximum atomic E-state index is 9.15. The van der Waals surface area contributed by atoms with E-state index in [0.29, 0.717) is 16.5 Å². The molecule has 2 heterocycles. The number of halogens is 1. The van der Waals surface area contributed by atoms with Crippen molar-refractivity contribution in [1.29, 1.82) is 5.26 Å². The highest BCUT2D eigenvalue weighted by Gasteiger charge is 2.20. The fraction of sp³-hybridized carbons (Fsp3) is 0.545. The minimum atomic E-state index is 0.257. The molecule has 17 heavy (non-hydrogen) atoms. The average Bonchev–Trinajstić information content (AvgIpc) is 2.38. The third-order valence-corrected chi connectivity index (χ3v) is 3.60. The summed E-state index contributed by atoms with van der Waals surface area (Å²) in [6, 6.07) is 2.10. The molecule has 1 aromatic rings. The van der Waals surface area contributed by atoms with Gasteiger partial charge in [0, 0.05) is 13.1 Å². The second-order valence-corrected chi connectivity index (χ2v) is 4.99. The zero-order valence-electron chi connectivity index (χ0n) is 9.61. The van der Waals surface area contributed by atoms with Crippen LogP contribution in [0.2, 0.25) is 5.15 Å². The van der Waals surface area contributed by atoms with Gasteiger partial charge in [0.25, 0.3) is 0 Å². The topological polar surface area (TPSA) is 52.8 Å². The molecule has 1 aromatic heterocycles. The third-order valence-electron chi connectivity index (χ3n) is 2.78. The fourth-order valence-electron chi connectivity index (χ4n) is 1.93. The van der Waals surface area contributed by atoms with Gasteiger partial charge in [-0.2, -0.15) is 5.26 Å². The van der Waals surface area contributed by atoms with Gasteiger partial charge in [-0.25, -0.2) is 9.97 Å². The normalized spacial score (nSPS) is 15.7. The monoisotopic (exact) mass is 268 g/mol. The SMILES string of the molecule is CSc1nc(Cl)c(C#N)c(N2CCCCC2)n1. The molecule has 0 saturated carbocycles. The highest BCUT2D eigenvalue weighted by atomic mass is 35.5. The number of nitriles is 1. The van der Waals surface area contributed by atoms with Gasteiger partial charge >= 0.3 is 0 Å². The van der Waals surface area contributed by atoms with E-state index in [4.69, 9.17) is 16.9 Å². The van der Waals surface area contributed by atoms with Gasteiger partial charge in [0.1, 0.15) is 11.6 Å². The number of rotatable bonds is 2. The minimum Gasteiger partial charge on any atom is -0.355 e. The van der Waals surface area contributed by atoms with E-state index < -0.39 is 0 Å². The number of anilines is 1. The van der Waals surface area contributed by atoms with Gasteiger partial charge in [-0.3, -0.25) is 0 Å². The van der Waals surface area contributed by atoms with E-state index >= 15 is 0 Å². The van der Waals surface area contributed by atoms with Crippen LogP contribution in [0.3, 0.4) is 0 Å². The van der Waals surface area contributed by atoms with E-state index in [-0.39, 0.29) is 5.15 Å². The predicted octanol–water partition coefficient (Wildman–Crippen LogP) is 2.71. The standard InChI is InChI=1S/C11H13ClN4S/c1-17-11-14-9(12)8(7-13)10(15-11)16-5-3-2-4-6-16/h2-6H2,1H3. The number of nitrogens with zero attached hydrogens (tertiary/aromatic N) is 4. The van der Waals surface area contributed by atoms with Crippen LogP contribution in [0.25, 0.3) is 0 Å². The molecular weight excluding hydrogens is 256 g/mol. The summed E-state index contributed by atoms with van der Waals surface area (Å²) in [6.07, 6.45) is 5.42. The van der Waals surface area contributed by atoms with E-state index in [1.807, 2.05) is 6.26 Å². The Hall–Kier alpha value is -0.990. The number of thioether (sulfide) groups is 1. The van der Waals surface area contributed by atoms with Crippen LogP contribution in [0.4, 0.5) is 5.82 Å².